The first kappa shape index (κ1) is 18.8. The zero-order valence-electron chi connectivity index (χ0n) is 15.7. The molecule has 1 aliphatic rings. The van der Waals surface area contributed by atoms with E-state index in [1.807, 2.05) is 0 Å². The monoisotopic (exact) mass is 396 g/mol. The van der Waals surface area contributed by atoms with E-state index in [1.54, 1.807) is 22.8 Å². The van der Waals surface area contributed by atoms with Gasteiger partial charge in [0, 0.05) is 18.5 Å². The number of carbonyl (C=O) groups is 2. The predicted octanol–water partition coefficient (Wildman–Crippen LogP) is 0.729. The summed E-state index contributed by atoms with van der Waals surface area (Å²) < 4.78 is 2.93. The first-order valence-electron chi connectivity index (χ1n) is 9.44. The van der Waals surface area contributed by atoms with Crippen LogP contribution in [0.15, 0.2) is 29.2 Å². The third-order valence-corrected chi connectivity index (χ3v) is 4.89. The van der Waals surface area contributed by atoms with E-state index in [2.05, 4.69) is 20.6 Å². The van der Waals surface area contributed by atoms with Gasteiger partial charge in [0.05, 0.1) is 23.6 Å². The minimum absolute atomic E-state index is 0.0612. The minimum atomic E-state index is -1.03. The molecule has 4 rings (SSSR count). The molecule has 0 bridgehead atoms. The quantitative estimate of drug-likeness (QED) is 0.650. The number of nitrogens with one attached hydrogen (secondary N) is 1. The average molecular weight is 396 g/mol. The molecule has 150 valence electrons. The molecule has 2 aromatic heterocycles. The Morgan fingerprint density at radius 1 is 1.21 bits per heavy atom. The van der Waals surface area contributed by atoms with Crippen molar-refractivity contribution in [1.29, 1.82) is 0 Å². The number of hydrogen-bond acceptors (Lipinski definition) is 6. The average Bonchev–Trinajstić information content (AvgIpc) is 2.99. The maximum atomic E-state index is 12.8. The highest BCUT2D eigenvalue weighted by molar-refractivity contribution is 5.97. The number of aliphatic carboxylic acids is 1. The number of aromatic nitrogens is 5. The van der Waals surface area contributed by atoms with Gasteiger partial charge in [-0.3, -0.25) is 19.0 Å². The maximum Gasteiger partial charge on any atom is 0.325 e. The molecule has 0 atom stereocenters. The Morgan fingerprint density at radius 2 is 2.07 bits per heavy atom. The summed E-state index contributed by atoms with van der Waals surface area (Å²) in [6, 6.07) is 4.87. The number of rotatable bonds is 5. The molecule has 0 radical (unpaired) electrons. The molecule has 1 amide bonds. The fraction of sp³-hybridized carbons (Fsp3) is 0.368. The third-order valence-electron chi connectivity index (χ3n) is 4.89. The summed E-state index contributed by atoms with van der Waals surface area (Å²) >= 11 is 0. The van der Waals surface area contributed by atoms with Gasteiger partial charge < -0.3 is 10.4 Å². The van der Waals surface area contributed by atoms with Crippen molar-refractivity contribution in [3.05, 3.63) is 51.8 Å². The van der Waals surface area contributed by atoms with Crippen LogP contribution < -0.4 is 10.9 Å². The summed E-state index contributed by atoms with van der Waals surface area (Å²) in [5.41, 5.74) is 1.29. The van der Waals surface area contributed by atoms with Gasteiger partial charge in [-0.2, -0.15) is 0 Å². The highest BCUT2D eigenvalue weighted by Crippen LogP contribution is 2.16. The topological polar surface area (TPSA) is 132 Å². The van der Waals surface area contributed by atoms with Crippen molar-refractivity contribution in [1.82, 2.24) is 29.9 Å². The van der Waals surface area contributed by atoms with Gasteiger partial charge in [-0.1, -0.05) is 11.6 Å². The van der Waals surface area contributed by atoms with E-state index in [0.717, 1.165) is 31.5 Å². The molecule has 3 heterocycles. The number of carboxylic acid groups (broad SMARTS) is 1. The fourth-order valence-electron chi connectivity index (χ4n) is 3.47. The SMILES string of the molecule is O=C(O)Cn1cc(CNC(=O)c2ccc3c(=O)n4c(nc3c2)CCCCC4)nn1. The van der Waals surface area contributed by atoms with E-state index in [-0.39, 0.29) is 24.6 Å². The van der Waals surface area contributed by atoms with E-state index >= 15 is 0 Å². The molecule has 0 fully saturated rings. The lowest BCUT2D eigenvalue weighted by molar-refractivity contribution is -0.137. The van der Waals surface area contributed by atoms with Crippen LogP contribution in [0, 0.1) is 0 Å². The first-order chi connectivity index (χ1) is 14.0. The summed E-state index contributed by atoms with van der Waals surface area (Å²) in [5.74, 6) is -0.591. The van der Waals surface area contributed by atoms with Crippen LogP contribution in [0.1, 0.15) is 41.1 Å². The molecule has 0 saturated heterocycles. The Hall–Kier alpha value is -3.56. The molecule has 3 aromatic rings. The van der Waals surface area contributed by atoms with Crippen LogP contribution in [0.5, 0.6) is 0 Å². The van der Waals surface area contributed by atoms with E-state index in [1.165, 1.54) is 10.9 Å². The molecule has 0 spiro atoms. The summed E-state index contributed by atoms with van der Waals surface area (Å²) in [7, 11) is 0. The Morgan fingerprint density at radius 3 is 2.90 bits per heavy atom. The number of fused-ring (bicyclic) bond motifs is 2. The third kappa shape index (κ3) is 4.00. The van der Waals surface area contributed by atoms with Crippen LogP contribution in [0.4, 0.5) is 0 Å². The van der Waals surface area contributed by atoms with E-state index in [0.29, 0.717) is 28.7 Å². The van der Waals surface area contributed by atoms with Crippen molar-refractivity contribution in [2.45, 2.75) is 45.3 Å². The second kappa shape index (κ2) is 7.82. The van der Waals surface area contributed by atoms with Gasteiger partial charge in [0.15, 0.2) is 0 Å². The summed E-state index contributed by atoms with van der Waals surface area (Å²) in [4.78, 5) is 40.6. The van der Waals surface area contributed by atoms with E-state index in [9.17, 15) is 14.4 Å². The van der Waals surface area contributed by atoms with Crippen LogP contribution in [-0.4, -0.2) is 41.5 Å². The molecular formula is C19H20N6O4. The van der Waals surface area contributed by atoms with Crippen molar-refractivity contribution in [3.8, 4) is 0 Å². The number of benzene rings is 1. The second-order valence-electron chi connectivity index (χ2n) is 7.01. The number of carbonyl (C=O) groups excluding carboxylic acids is 1. The second-order valence-corrected chi connectivity index (χ2v) is 7.01. The van der Waals surface area contributed by atoms with Crippen molar-refractivity contribution < 1.29 is 14.7 Å². The molecule has 29 heavy (non-hydrogen) atoms. The number of hydrogen-bond donors (Lipinski definition) is 2. The predicted molar refractivity (Wildman–Crippen MR) is 102 cm³/mol. The Bertz CT molecular complexity index is 1150. The van der Waals surface area contributed by atoms with Gasteiger partial charge in [0.25, 0.3) is 11.5 Å². The Labute approximate surface area is 165 Å². The molecule has 0 unspecified atom stereocenters. The Kier molecular flexibility index (Phi) is 5.07. The van der Waals surface area contributed by atoms with Crippen molar-refractivity contribution in [2.24, 2.45) is 0 Å². The molecule has 1 aromatic carbocycles. The zero-order chi connectivity index (χ0) is 20.4. The maximum absolute atomic E-state index is 12.8. The van der Waals surface area contributed by atoms with Crippen LogP contribution in [0.3, 0.4) is 0 Å². The molecular weight excluding hydrogens is 376 g/mol. The van der Waals surface area contributed by atoms with Crippen LogP contribution in [0.25, 0.3) is 10.9 Å². The van der Waals surface area contributed by atoms with Crippen molar-refractivity contribution >= 4 is 22.8 Å². The van der Waals surface area contributed by atoms with Crippen LogP contribution in [0.2, 0.25) is 0 Å². The highest BCUT2D eigenvalue weighted by atomic mass is 16.4. The van der Waals surface area contributed by atoms with Gasteiger partial charge >= 0.3 is 5.97 Å². The minimum Gasteiger partial charge on any atom is -0.480 e. The molecule has 10 heteroatoms. The molecule has 1 aliphatic heterocycles. The van der Waals surface area contributed by atoms with Gasteiger partial charge in [-0.25, -0.2) is 9.67 Å². The number of aryl methyl sites for hydroxylation is 1. The smallest absolute Gasteiger partial charge is 0.325 e. The standard InChI is InChI=1S/C19H20N6O4/c26-17(27)11-24-10-13(22-23-24)9-20-18(28)12-5-6-14-15(8-12)21-16-4-2-1-3-7-25(16)19(14)29/h5-6,8,10H,1-4,7,9,11H2,(H,20,28)(H,26,27). The lowest BCUT2D eigenvalue weighted by Crippen LogP contribution is -2.25. The number of amides is 1. The summed E-state index contributed by atoms with van der Waals surface area (Å²) in [6.07, 6.45) is 5.27. The highest BCUT2D eigenvalue weighted by Gasteiger charge is 2.15. The lowest BCUT2D eigenvalue weighted by Gasteiger charge is -2.11. The van der Waals surface area contributed by atoms with Gasteiger partial charge in [-0.15, -0.1) is 5.10 Å². The molecule has 0 saturated carbocycles. The van der Waals surface area contributed by atoms with Gasteiger partial charge in [-0.05, 0) is 31.0 Å². The van der Waals surface area contributed by atoms with Crippen LogP contribution in [-0.2, 0) is 30.8 Å². The normalized spacial score (nSPS) is 13.7. The first-order valence-corrected chi connectivity index (χ1v) is 9.44. The number of nitrogens with zero attached hydrogens (tertiary/aromatic N) is 5. The van der Waals surface area contributed by atoms with Gasteiger partial charge in [0.2, 0.25) is 0 Å². The van der Waals surface area contributed by atoms with Crippen LogP contribution >= 0.6 is 0 Å². The zero-order valence-corrected chi connectivity index (χ0v) is 15.7. The van der Waals surface area contributed by atoms with Gasteiger partial charge in [0.1, 0.15) is 18.1 Å². The van der Waals surface area contributed by atoms with E-state index in [4.69, 9.17) is 5.11 Å². The fourth-order valence-corrected chi connectivity index (χ4v) is 3.47. The summed E-state index contributed by atoms with van der Waals surface area (Å²) in [5, 5.41) is 19.5. The Balaban J connectivity index is 1.53. The van der Waals surface area contributed by atoms with E-state index < -0.39 is 5.97 Å². The van der Waals surface area contributed by atoms with Crippen molar-refractivity contribution in [2.75, 3.05) is 0 Å². The summed E-state index contributed by atoms with van der Waals surface area (Å²) in [6.45, 7) is 0.496. The van der Waals surface area contributed by atoms with Crippen molar-refractivity contribution in [3.63, 3.8) is 0 Å². The molecule has 2 N–H and O–H groups in total. The lowest BCUT2D eigenvalue weighted by atomic mass is 10.1. The largest absolute Gasteiger partial charge is 0.480 e. The molecule has 0 aliphatic carbocycles. The number of carboxylic acids is 1. The molecule has 10 nitrogen and oxygen atoms in total.